The Balaban J connectivity index is 1.33. The lowest BCUT2D eigenvalue weighted by Gasteiger charge is -2.39. The smallest absolute Gasteiger partial charge is 0.217 e. The van der Waals surface area contributed by atoms with Gasteiger partial charge in [-0.1, -0.05) is 5.16 Å². The van der Waals surface area contributed by atoms with Crippen LogP contribution in [0.1, 0.15) is 72.8 Å². The van der Waals surface area contributed by atoms with Crippen LogP contribution in [0.25, 0.3) is 22.8 Å². The van der Waals surface area contributed by atoms with Crippen LogP contribution in [0.15, 0.2) is 23.0 Å². The fourth-order valence-electron chi connectivity index (χ4n) is 7.31. The van der Waals surface area contributed by atoms with E-state index < -0.39 is 5.41 Å². The number of aryl methyl sites for hydroxylation is 2. The Kier molecular flexibility index (Phi) is 6.36. The number of rotatable bonds is 5. The van der Waals surface area contributed by atoms with Gasteiger partial charge < -0.3 is 15.0 Å². The van der Waals surface area contributed by atoms with Crippen LogP contribution in [0.4, 0.5) is 5.00 Å². The first kappa shape index (κ1) is 26.2. The van der Waals surface area contributed by atoms with Crippen molar-refractivity contribution >= 4 is 16.3 Å². The lowest BCUT2D eigenvalue weighted by Crippen LogP contribution is -2.38. The van der Waals surface area contributed by atoms with Gasteiger partial charge in [0.1, 0.15) is 17.2 Å². The van der Waals surface area contributed by atoms with Crippen LogP contribution in [-0.2, 0) is 25.3 Å². The summed E-state index contributed by atoms with van der Waals surface area (Å²) in [5.41, 5.74) is 10.9. The molecule has 0 unspecified atom stereocenters. The molecule has 212 valence electrons. The average molecular weight is 571 g/mol. The van der Waals surface area contributed by atoms with Gasteiger partial charge in [-0.05, 0) is 77.4 Å². The Hall–Kier alpha value is -3.75. The van der Waals surface area contributed by atoms with E-state index >= 15 is 0 Å². The van der Waals surface area contributed by atoms with Crippen molar-refractivity contribution in [2.75, 3.05) is 19.3 Å². The van der Waals surface area contributed by atoms with Crippen molar-refractivity contribution in [3.8, 4) is 34.7 Å². The minimum atomic E-state index is -0.395. The Labute approximate surface area is 243 Å². The highest BCUT2D eigenvalue weighted by Gasteiger charge is 2.48. The van der Waals surface area contributed by atoms with Crippen molar-refractivity contribution in [1.29, 1.82) is 5.26 Å². The van der Waals surface area contributed by atoms with Crippen LogP contribution in [0.2, 0.25) is 0 Å². The number of likely N-dealkylation sites (tertiary alicyclic amines) is 1. The molecule has 0 aromatic carbocycles. The van der Waals surface area contributed by atoms with Gasteiger partial charge in [0.2, 0.25) is 5.88 Å². The van der Waals surface area contributed by atoms with Gasteiger partial charge in [0.25, 0.3) is 0 Å². The maximum Gasteiger partial charge on any atom is 0.217 e. The number of thiophene rings is 1. The third-order valence-electron chi connectivity index (χ3n) is 9.20. The number of nitrogens with zero attached hydrogens (tertiary/aromatic N) is 7. The summed E-state index contributed by atoms with van der Waals surface area (Å²) in [5.74, 6) is 1.84. The summed E-state index contributed by atoms with van der Waals surface area (Å²) in [5, 5.41) is 19.6. The van der Waals surface area contributed by atoms with Gasteiger partial charge >= 0.3 is 0 Å². The SMILES string of the molecule is C[C@H](Oc1cc(-c2cnn(C)c2)nc(-c2noc3c2CCC[C@@]32CCCc3sc(N)c(C#N)c32)n1)[C@@H]1CCCN1C. The summed E-state index contributed by atoms with van der Waals surface area (Å²) < 4.78 is 14.5. The van der Waals surface area contributed by atoms with Crippen LogP contribution in [0, 0.1) is 11.3 Å². The molecule has 0 saturated carbocycles. The molecule has 3 aliphatic rings. The molecule has 0 amide bonds. The fraction of sp³-hybridized carbons (Fsp3) is 0.500. The Morgan fingerprint density at radius 3 is 2.78 bits per heavy atom. The molecule has 1 saturated heterocycles. The molecule has 4 aromatic rings. The van der Waals surface area contributed by atoms with Crippen LogP contribution in [0.5, 0.6) is 5.88 Å². The number of likely N-dealkylation sites (N-methyl/N-ethyl adjacent to an activating group) is 1. The van der Waals surface area contributed by atoms with Crippen LogP contribution in [-0.4, -0.2) is 55.5 Å². The highest BCUT2D eigenvalue weighted by atomic mass is 32.1. The van der Waals surface area contributed by atoms with Crippen molar-refractivity contribution < 1.29 is 9.26 Å². The molecule has 1 spiro atoms. The molecule has 10 nitrogen and oxygen atoms in total. The largest absolute Gasteiger partial charge is 0.473 e. The summed E-state index contributed by atoms with van der Waals surface area (Å²) in [6.45, 7) is 3.19. The van der Waals surface area contributed by atoms with Gasteiger partial charge in [-0.15, -0.1) is 11.3 Å². The standard InChI is InChI=1S/C30H34N8O2S/c1-17(22-8-6-12-37(22)2)39-24-13-21(18-15-33-38(3)16-18)34-29(35-24)26-19-7-4-10-30(27(19)40-36-26)11-5-9-23-25(30)20(14-31)28(32)41-23/h13,15-17,22H,4-12,32H2,1-3H3/t17-,22-,30-/m0/s1. The molecule has 0 radical (unpaired) electrons. The first-order valence-corrected chi connectivity index (χ1v) is 15.3. The zero-order valence-corrected chi connectivity index (χ0v) is 24.5. The number of nitrogen functional groups attached to an aromatic ring is 1. The Morgan fingerprint density at radius 2 is 2.05 bits per heavy atom. The maximum absolute atomic E-state index is 10.0. The second-order valence-electron chi connectivity index (χ2n) is 11.7. The van der Waals surface area contributed by atoms with E-state index in [2.05, 4.69) is 35.2 Å². The van der Waals surface area contributed by atoms with Gasteiger partial charge in [-0.3, -0.25) is 9.58 Å². The minimum absolute atomic E-state index is 0.0318. The number of nitriles is 1. The number of ether oxygens (including phenoxy) is 1. The van der Waals surface area contributed by atoms with E-state index in [9.17, 15) is 5.26 Å². The van der Waals surface area contributed by atoms with E-state index in [-0.39, 0.29) is 6.10 Å². The van der Waals surface area contributed by atoms with Gasteiger partial charge in [0, 0.05) is 41.4 Å². The van der Waals surface area contributed by atoms with Crippen molar-refractivity contribution in [2.24, 2.45) is 7.05 Å². The summed E-state index contributed by atoms with van der Waals surface area (Å²) in [7, 11) is 4.04. The zero-order valence-electron chi connectivity index (χ0n) is 23.7. The van der Waals surface area contributed by atoms with Gasteiger partial charge in [-0.2, -0.15) is 15.3 Å². The number of hydrogen-bond donors (Lipinski definition) is 1. The lowest BCUT2D eigenvalue weighted by molar-refractivity contribution is 0.117. The predicted octanol–water partition coefficient (Wildman–Crippen LogP) is 4.87. The molecule has 1 fully saturated rings. The molecule has 41 heavy (non-hydrogen) atoms. The Bertz CT molecular complexity index is 1660. The monoisotopic (exact) mass is 570 g/mol. The second kappa shape index (κ2) is 9.96. The Morgan fingerprint density at radius 1 is 1.22 bits per heavy atom. The minimum Gasteiger partial charge on any atom is -0.473 e. The maximum atomic E-state index is 10.0. The van der Waals surface area contributed by atoms with Crippen LogP contribution in [0.3, 0.4) is 0 Å². The van der Waals surface area contributed by atoms with Crippen LogP contribution >= 0.6 is 11.3 Å². The van der Waals surface area contributed by atoms with E-state index in [4.69, 9.17) is 25.0 Å². The number of fused-ring (bicyclic) bond motifs is 4. The summed E-state index contributed by atoms with van der Waals surface area (Å²) in [6, 6.07) is 4.62. The molecule has 4 aromatic heterocycles. The first-order chi connectivity index (χ1) is 19.9. The molecular formula is C30H34N8O2S. The third-order valence-corrected chi connectivity index (χ3v) is 10.3. The third kappa shape index (κ3) is 4.23. The summed E-state index contributed by atoms with van der Waals surface area (Å²) >= 11 is 1.55. The van der Waals surface area contributed by atoms with Crippen molar-refractivity contribution in [1.82, 2.24) is 29.8 Å². The topological polar surface area (TPSA) is 132 Å². The zero-order chi connectivity index (χ0) is 28.3. The van der Waals surface area contributed by atoms with Gasteiger partial charge in [-0.25, -0.2) is 4.98 Å². The molecule has 3 atom stereocenters. The van der Waals surface area contributed by atoms with E-state index in [1.165, 1.54) is 11.3 Å². The van der Waals surface area contributed by atoms with Gasteiger partial charge in [0.15, 0.2) is 17.3 Å². The first-order valence-electron chi connectivity index (χ1n) is 14.4. The van der Waals surface area contributed by atoms with Crippen molar-refractivity contribution in [3.05, 3.63) is 45.8 Å². The quantitative estimate of drug-likeness (QED) is 0.357. The predicted molar refractivity (Wildman–Crippen MR) is 156 cm³/mol. The molecule has 11 heteroatoms. The molecule has 2 N–H and O–H groups in total. The molecule has 5 heterocycles. The van der Waals surface area contributed by atoms with Crippen LogP contribution < -0.4 is 10.5 Å². The van der Waals surface area contributed by atoms with Crippen molar-refractivity contribution in [2.45, 2.75) is 75.9 Å². The molecule has 1 aliphatic heterocycles. The molecular weight excluding hydrogens is 536 g/mol. The lowest BCUT2D eigenvalue weighted by atomic mass is 9.63. The molecule has 7 rings (SSSR count). The fourth-order valence-corrected chi connectivity index (χ4v) is 8.47. The molecule has 2 aliphatic carbocycles. The van der Waals surface area contributed by atoms with E-state index in [1.807, 2.05) is 19.3 Å². The normalized spacial score (nSPS) is 22.8. The van der Waals surface area contributed by atoms with E-state index in [0.29, 0.717) is 34.0 Å². The summed E-state index contributed by atoms with van der Waals surface area (Å²) in [4.78, 5) is 13.4. The van der Waals surface area contributed by atoms with Gasteiger partial charge in [0.05, 0.1) is 22.9 Å². The number of anilines is 1. The van der Waals surface area contributed by atoms with E-state index in [0.717, 1.165) is 79.6 Å². The van der Waals surface area contributed by atoms with E-state index in [1.54, 1.807) is 22.2 Å². The highest BCUT2D eigenvalue weighted by Crippen LogP contribution is 2.55. The number of nitrogens with two attached hydrogens (primary N) is 1. The number of hydrogen-bond acceptors (Lipinski definition) is 10. The average Bonchev–Trinajstić information content (AvgIpc) is 3.75. The number of aromatic nitrogens is 5. The van der Waals surface area contributed by atoms with Crippen molar-refractivity contribution in [3.63, 3.8) is 0 Å². The highest BCUT2D eigenvalue weighted by molar-refractivity contribution is 7.16. The molecule has 0 bridgehead atoms. The summed E-state index contributed by atoms with van der Waals surface area (Å²) in [6.07, 6.45) is 11.5. The second-order valence-corrected chi connectivity index (χ2v) is 12.8.